The molecule has 0 radical (unpaired) electrons. The number of nitrogens with zero attached hydrogens (tertiary/aromatic N) is 1. The van der Waals surface area contributed by atoms with Gasteiger partial charge in [0.1, 0.15) is 28.9 Å². The van der Waals surface area contributed by atoms with E-state index < -0.39 is 11.9 Å². The van der Waals surface area contributed by atoms with Crippen LogP contribution in [-0.4, -0.2) is 18.5 Å². The monoisotopic (exact) mass is 430 g/mol. The Balaban J connectivity index is 1.54. The molecule has 3 aromatic rings. The van der Waals surface area contributed by atoms with Crippen LogP contribution >= 0.6 is 0 Å². The second-order valence-electron chi connectivity index (χ2n) is 7.09. The zero-order valence-electron chi connectivity index (χ0n) is 17.8. The third kappa shape index (κ3) is 6.61. The Bertz CT molecular complexity index is 1140. The highest BCUT2D eigenvalue weighted by molar-refractivity contribution is 6.01. The minimum absolute atomic E-state index is 0.0526. The summed E-state index contributed by atoms with van der Waals surface area (Å²) in [4.78, 5) is 24.3. The van der Waals surface area contributed by atoms with Crippen LogP contribution < -0.4 is 14.8 Å². The maximum atomic E-state index is 12.2. The highest BCUT2D eigenvalue weighted by Gasteiger charge is 2.10. The van der Waals surface area contributed by atoms with E-state index in [9.17, 15) is 14.9 Å². The Morgan fingerprint density at radius 3 is 2.41 bits per heavy atom. The second-order valence-corrected chi connectivity index (χ2v) is 7.09. The Labute approximate surface area is 185 Å². The molecule has 1 heterocycles. The van der Waals surface area contributed by atoms with Crippen molar-refractivity contribution in [3.05, 3.63) is 88.9 Å². The molecule has 1 amide bonds. The molecule has 0 atom stereocenters. The zero-order chi connectivity index (χ0) is 22.9. The molecule has 0 unspecified atom stereocenters. The Hall–Kier alpha value is -4.31. The minimum atomic E-state index is -0.539. The van der Waals surface area contributed by atoms with Crippen molar-refractivity contribution in [2.45, 2.75) is 20.4 Å². The topological polar surface area (TPSA) is 102 Å². The summed E-state index contributed by atoms with van der Waals surface area (Å²) in [5.74, 6) is 0.472. The molecule has 1 aromatic heterocycles. The average molecular weight is 430 g/mol. The number of ether oxygens (including phenoxy) is 2. The predicted octanol–water partition coefficient (Wildman–Crippen LogP) is 4.10. The van der Waals surface area contributed by atoms with Gasteiger partial charge in [-0.3, -0.25) is 4.79 Å². The summed E-state index contributed by atoms with van der Waals surface area (Å²) in [7, 11) is 0. The number of nitriles is 1. The van der Waals surface area contributed by atoms with Gasteiger partial charge in [-0.2, -0.15) is 5.26 Å². The lowest BCUT2D eigenvalue weighted by Crippen LogP contribution is -2.23. The molecule has 32 heavy (non-hydrogen) atoms. The number of amides is 1. The third-order valence-corrected chi connectivity index (χ3v) is 4.34. The van der Waals surface area contributed by atoms with Crippen molar-refractivity contribution in [1.29, 1.82) is 5.26 Å². The van der Waals surface area contributed by atoms with Gasteiger partial charge >= 0.3 is 5.97 Å². The molecule has 0 fully saturated rings. The van der Waals surface area contributed by atoms with Crippen LogP contribution in [0.5, 0.6) is 11.5 Å². The zero-order valence-corrected chi connectivity index (χ0v) is 17.8. The van der Waals surface area contributed by atoms with E-state index >= 15 is 0 Å². The number of hydrogen-bond acceptors (Lipinski definition) is 6. The molecule has 7 heteroatoms. The van der Waals surface area contributed by atoms with Crippen molar-refractivity contribution >= 4 is 18.0 Å². The summed E-state index contributed by atoms with van der Waals surface area (Å²) in [5.41, 5.74) is 2.65. The van der Waals surface area contributed by atoms with Crippen LogP contribution in [0, 0.1) is 25.2 Å². The smallest absolute Gasteiger partial charge is 0.349 e. The number of carbonyl (C=O) groups excluding carboxylic acids is 2. The Morgan fingerprint density at radius 1 is 1.06 bits per heavy atom. The van der Waals surface area contributed by atoms with Gasteiger partial charge in [-0.05, 0) is 73.0 Å². The summed E-state index contributed by atoms with van der Waals surface area (Å²) in [6, 6.07) is 17.5. The van der Waals surface area contributed by atoms with Gasteiger partial charge in [-0.15, -0.1) is 0 Å². The van der Waals surface area contributed by atoms with Crippen molar-refractivity contribution in [3.8, 4) is 17.6 Å². The highest BCUT2D eigenvalue weighted by Crippen LogP contribution is 2.17. The number of aryl methyl sites for hydroxylation is 2. The molecule has 0 aliphatic heterocycles. The fourth-order valence-corrected chi connectivity index (χ4v) is 2.94. The van der Waals surface area contributed by atoms with E-state index in [4.69, 9.17) is 13.9 Å². The van der Waals surface area contributed by atoms with Crippen LogP contribution in [0.15, 0.2) is 70.9 Å². The fraction of sp³-hybridized carbons (Fsp3) is 0.160. The van der Waals surface area contributed by atoms with Gasteiger partial charge in [0.15, 0.2) is 6.61 Å². The minimum Gasteiger partial charge on any atom is -0.482 e. The van der Waals surface area contributed by atoms with Crippen LogP contribution in [-0.2, 0) is 16.1 Å². The van der Waals surface area contributed by atoms with E-state index in [0.717, 1.165) is 11.1 Å². The molecule has 7 nitrogen and oxygen atoms in total. The molecule has 162 valence electrons. The van der Waals surface area contributed by atoms with Crippen LogP contribution in [0.1, 0.15) is 22.5 Å². The van der Waals surface area contributed by atoms with Gasteiger partial charge in [0.2, 0.25) is 0 Å². The summed E-state index contributed by atoms with van der Waals surface area (Å²) in [6.45, 7) is 3.87. The van der Waals surface area contributed by atoms with E-state index in [1.165, 1.54) is 12.3 Å². The number of nitrogens with one attached hydrogen (secondary N) is 1. The van der Waals surface area contributed by atoms with Crippen molar-refractivity contribution < 1.29 is 23.5 Å². The highest BCUT2D eigenvalue weighted by atomic mass is 16.6. The van der Waals surface area contributed by atoms with Gasteiger partial charge in [0, 0.05) is 0 Å². The lowest BCUT2D eigenvalue weighted by atomic mass is 10.1. The first kappa shape index (κ1) is 22.4. The summed E-state index contributed by atoms with van der Waals surface area (Å²) in [6.07, 6.45) is 2.96. The normalized spacial score (nSPS) is 10.8. The van der Waals surface area contributed by atoms with Gasteiger partial charge in [0.05, 0.1) is 12.8 Å². The van der Waals surface area contributed by atoms with E-state index in [2.05, 4.69) is 5.32 Å². The fourth-order valence-electron chi connectivity index (χ4n) is 2.94. The molecule has 2 aromatic carbocycles. The third-order valence-electron chi connectivity index (χ3n) is 4.34. The molecule has 0 aliphatic carbocycles. The van der Waals surface area contributed by atoms with Crippen molar-refractivity contribution in [3.63, 3.8) is 0 Å². The maximum absolute atomic E-state index is 12.2. The molecule has 0 saturated carbocycles. The number of rotatable bonds is 8. The first-order valence-corrected chi connectivity index (χ1v) is 9.87. The molecule has 0 saturated heterocycles. The number of furan rings is 1. The molecular formula is C25H22N2O5. The largest absolute Gasteiger partial charge is 0.482 e. The lowest BCUT2D eigenvalue weighted by molar-refractivity contribution is -0.136. The van der Waals surface area contributed by atoms with E-state index in [1.54, 1.807) is 36.4 Å². The summed E-state index contributed by atoms with van der Waals surface area (Å²) >= 11 is 0. The van der Waals surface area contributed by atoms with Crippen LogP contribution in [0.25, 0.3) is 6.08 Å². The molecular weight excluding hydrogens is 408 g/mol. The Kier molecular flexibility index (Phi) is 7.44. The van der Waals surface area contributed by atoms with Crippen molar-refractivity contribution in [2.75, 3.05) is 6.61 Å². The molecule has 1 N–H and O–H groups in total. The van der Waals surface area contributed by atoms with E-state index in [-0.39, 0.29) is 18.7 Å². The van der Waals surface area contributed by atoms with Crippen molar-refractivity contribution in [2.24, 2.45) is 0 Å². The number of benzene rings is 2. The van der Waals surface area contributed by atoms with Crippen molar-refractivity contribution in [1.82, 2.24) is 5.32 Å². The standard InChI is InChI=1S/C25H22N2O5/c1-17-10-18(2)12-23(11-17)31-16-24(28)32-21-7-5-19(6-8-21)13-20(14-26)25(29)27-15-22-4-3-9-30-22/h3-13H,15-16H2,1-2H3,(H,27,29)/b20-13+. The van der Waals surface area contributed by atoms with Crippen LogP contribution in [0.4, 0.5) is 0 Å². The SMILES string of the molecule is Cc1cc(C)cc(OCC(=O)Oc2ccc(/C=C(\C#N)C(=O)NCc3ccco3)cc2)c1. The molecule has 0 spiro atoms. The van der Waals surface area contributed by atoms with Gasteiger partial charge < -0.3 is 19.2 Å². The summed E-state index contributed by atoms with van der Waals surface area (Å²) < 4.78 is 15.9. The van der Waals surface area contributed by atoms with Gasteiger partial charge in [-0.1, -0.05) is 18.2 Å². The number of carbonyl (C=O) groups is 2. The molecule has 0 aliphatic rings. The van der Waals surface area contributed by atoms with Crippen LogP contribution in [0.2, 0.25) is 0 Å². The first-order chi connectivity index (χ1) is 15.4. The quantitative estimate of drug-likeness (QED) is 0.250. The van der Waals surface area contributed by atoms with Gasteiger partial charge in [0.25, 0.3) is 5.91 Å². The molecule has 0 bridgehead atoms. The Morgan fingerprint density at radius 2 is 1.78 bits per heavy atom. The predicted molar refractivity (Wildman–Crippen MR) is 118 cm³/mol. The average Bonchev–Trinajstić information content (AvgIpc) is 3.28. The second kappa shape index (κ2) is 10.6. The molecule has 3 rings (SSSR count). The number of esters is 1. The van der Waals surface area contributed by atoms with Gasteiger partial charge in [-0.25, -0.2) is 4.79 Å². The lowest BCUT2D eigenvalue weighted by Gasteiger charge is -2.08. The van der Waals surface area contributed by atoms with E-state index in [1.807, 2.05) is 38.1 Å². The maximum Gasteiger partial charge on any atom is 0.349 e. The summed E-state index contributed by atoms with van der Waals surface area (Å²) in [5, 5.41) is 11.9. The first-order valence-electron chi connectivity index (χ1n) is 9.87. The van der Waals surface area contributed by atoms with Crippen LogP contribution in [0.3, 0.4) is 0 Å². The van der Waals surface area contributed by atoms with E-state index in [0.29, 0.717) is 22.8 Å². The number of hydrogen-bond donors (Lipinski definition) is 1.